The fourth-order valence-electron chi connectivity index (χ4n) is 3.47. The van der Waals surface area contributed by atoms with E-state index in [-0.39, 0.29) is 23.0 Å². The normalized spacial score (nSPS) is 14.8. The average Bonchev–Trinajstić information content (AvgIpc) is 3.03. The van der Waals surface area contributed by atoms with Crippen LogP contribution in [0.5, 0.6) is 5.75 Å². The Bertz CT molecular complexity index is 938. The molecule has 6 nitrogen and oxygen atoms in total. The summed E-state index contributed by atoms with van der Waals surface area (Å²) in [5.74, 6) is -0.169. The first-order valence-corrected chi connectivity index (χ1v) is 11.6. The molecule has 30 heavy (non-hydrogen) atoms. The van der Waals surface area contributed by atoms with Crippen LogP contribution in [0, 0.1) is 5.82 Å². The van der Waals surface area contributed by atoms with E-state index >= 15 is 0 Å². The first-order valence-electron chi connectivity index (χ1n) is 10.2. The Morgan fingerprint density at radius 1 is 1.00 bits per heavy atom. The summed E-state index contributed by atoms with van der Waals surface area (Å²) in [5.41, 5.74) is 0.244. The van der Waals surface area contributed by atoms with E-state index in [1.165, 1.54) is 36.4 Å². The molecule has 1 amide bonds. The summed E-state index contributed by atoms with van der Waals surface area (Å²) < 4.78 is 46.6. The van der Waals surface area contributed by atoms with Crippen molar-refractivity contribution in [2.24, 2.45) is 0 Å². The standard InChI is InChI=1S/C22H27FN2O4S/c1-2-29-20-11-13-21(14-12-20)30(27,28)25(19-9-7-18(23)8-10-19)17-22(26)24-15-5-3-4-6-16-24/h7-14H,2-6,15-17H2,1H3. The molecule has 0 aromatic heterocycles. The fourth-order valence-corrected chi connectivity index (χ4v) is 4.88. The highest BCUT2D eigenvalue weighted by molar-refractivity contribution is 7.92. The highest BCUT2D eigenvalue weighted by atomic mass is 32.2. The number of halogens is 1. The molecule has 162 valence electrons. The molecule has 0 radical (unpaired) electrons. The van der Waals surface area contributed by atoms with Crippen molar-refractivity contribution in [3.8, 4) is 5.75 Å². The molecule has 1 fully saturated rings. The summed E-state index contributed by atoms with van der Waals surface area (Å²) in [4.78, 5) is 14.7. The van der Waals surface area contributed by atoms with Crippen molar-refractivity contribution < 1.29 is 22.3 Å². The van der Waals surface area contributed by atoms with Crippen LogP contribution in [0.3, 0.4) is 0 Å². The molecule has 0 aliphatic carbocycles. The van der Waals surface area contributed by atoms with Crippen molar-refractivity contribution in [3.05, 3.63) is 54.3 Å². The van der Waals surface area contributed by atoms with E-state index < -0.39 is 15.8 Å². The van der Waals surface area contributed by atoms with Gasteiger partial charge in [-0.1, -0.05) is 12.8 Å². The number of hydrogen-bond acceptors (Lipinski definition) is 4. The number of nitrogens with zero attached hydrogens (tertiary/aromatic N) is 2. The molecule has 1 heterocycles. The molecule has 1 saturated heterocycles. The molecule has 0 spiro atoms. The van der Waals surface area contributed by atoms with Gasteiger partial charge < -0.3 is 9.64 Å². The predicted octanol–water partition coefficient (Wildman–Crippen LogP) is 3.82. The van der Waals surface area contributed by atoms with Gasteiger partial charge in [-0.25, -0.2) is 12.8 Å². The Morgan fingerprint density at radius 2 is 1.60 bits per heavy atom. The van der Waals surface area contributed by atoms with E-state index in [2.05, 4.69) is 0 Å². The third-order valence-electron chi connectivity index (χ3n) is 5.07. The molecule has 1 aliphatic rings. The van der Waals surface area contributed by atoms with E-state index in [1.54, 1.807) is 17.0 Å². The van der Waals surface area contributed by atoms with Gasteiger partial charge in [-0.15, -0.1) is 0 Å². The lowest BCUT2D eigenvalue weighted by atomic mass is 10.2. The van der Waals surface area contributed by atoms with Crippen molar-refractivity contribution in [2.75, 3.05) is 30.5 Å². The lowest BCUT2D eigenvalue weighted by Crippen LogP contribution is -2.43. The molecular formula is C22H27FN2O4S. The van der Waals surface area contributed by atoms with E-state index in [9.17, 15) is 17.6 Å². The van der Waals surface area contributed by atoms with Crippen molar-refractivity contribution in [1.82, 2.24) is 4.90 Å². The van der Waals surface area contributed by atoms with Crippen LogP contribution in [-0.2, 0) is 14.8 Å². The van der Waals surface area contributed by atoms with Crippen LogP contribution in [0.25, 0.3) is 0 Å². The Morgan fingerprint density at radius 3 is 2.17 bits per heavy atom. The third-order valence-corrected chi connectivity index (χ3v) is 6.86. The van der Waals surface area contributed by atoms with Gasteiger partial charge in [0, 0.05) is 13.1 Å². The summed E-state index contributed by atoms with van der Waals surface area (Å²) in [6, 6.07) is 11.2. The Hall–Kier alpha value is -2.61. The van der Waals surface area contributed by atoms with Crippen LogP contribution in [0.2, 0.25) is 0 Å². The van der Waals surface area contributed by atoms with Crippen molar-refractivity contribution in [1.29, 1.82) is 0 Å². The maximum atomic E-state index is 13.4. The molecule has 0 bridgehead atoms. The zero-order valence-corrected chi connectivity index (χ0v) is 17.9. The van der Waals surface area contributed by atoms with Crippen LogP contribution >= 0.6 is 0 Å². The maximum absolute atomic E-state index is 13.4. The maximum Gasteiger partial charge on any atom is 0.264 e. The average molecular weight is 435 g/mol. The van der Waals surface area contributed by atoms with Crippen LogP contribution in [0.1, 0.15) is 32.6 Å². The summed E-state index contributed by atoms with van der Waals surface area (Å²) in [7, 11) is -4.03. The predicted molar refractivity (Wildman–Crippen MR) is 114 cm³/mol. The molecule has 3 rings (SSSR count). The van der Waals surface area contributed by atoms with Gasteiger partial charge in [-0.3, -0.25) is 9.10 Å². The summed E-state index contributed by atoms with van der Waals surface area (Å²) in [6.45, 7) is 3.23. The second kappa shape index (κ2) is 9.93. The fraction of sp³-hybridized carbons (Fsp3) is 0.409. The van der Waals surface area contributed by atoms with E-state index in [1.807, 2.05) is 6.92 Å². The highest BCUT2D eigenvalue weighted by Gasteiger charge is 2.29. The minimum Gasteiger partial charge on any atom is -0.494 e. The number of carbonyl (C=O) groups is 1. The SMILES string of the molecule is CCOc1ccc(S(=O)(=O)N(CC(=O)N2CCCCCC2)c2ccc(F)cc2)cc1. The van der Waals surface area contributed by atoms with Crippen molar-refractivity contribution in [3.63, 3.8) is 0 Å². The quantitative estimate of drug-likeness (QED) is 0.664. The van der Waals surface area contributed by atoms with Gasteiger partial charge in [-0.2, -0.15) is 0 Å². The Balaban J connectivity index is 1.91. The van der Waals surface area contributed by atoms with Crippen molar-refractivity contribution >= 4 is 21.6 Å². The zero-order valence-electron chi connectivity index (χ0n) is 17.1. The zero-order chi connectivity index (χ0) is 21.6. The van der Waals surface area contributed by atoms with Gasteiger partial charge in [0.1, 0.15) is 18.1 Å². The number of sulfonamides is 1. The lowest BCUT2D eigenvalue weighted by Gasteiger charge is -2.28. The van der Waals surface area contributed by atoms with E-state index in [4.69, 9.17) is 4.74 Å². The van der Waals surface area contributed by atoms with Gasteiger partial charge in [-0.05, 0) is 68.3 Å². The van der Waals surface area contributed by atoms with Crippen molar-refractivity contribution in [2.45, 2.75) is 37.5 Å². The largest absolute Gasteiger partial charge is 0.494 e. The second-order valence-corrected chi connectivity index (χ2v) is 9.05. The number of benzene rings is 2. The van der Waals surface area contributed by atoms with Crippen LogP contribution in [-0.4, -0.2) is 45.5 Å². The molecule has 1 aliphatic heterocycles. The molecule has 0 saturated carbocycles. The molecule has 8 heteroatoms. The number of carbonyl (C=O) groups excluding carboxylic acids is 1. The van der Waals surface area contributed by atoms with Gasteiger partial charge in [0.2, 0.25) is 5.91 Å². The molecular weight excluding hydrogens is 407 g/mol. The van der Waals surface area contributed by atoms with Gasteiger partial charge in [0.25, 0.3) is 10.0 Å². The summed E-state index contributed by atoms with van der Waals surface area (Å²) >= 11 is 0. The number of amides is 1. The number of ether oxygens (including phenoxy) is 1. The summed E-state index contributed by atoms with van der Waals surface area (Å²) in [6.07, 6.45) is 3.95. The smallest absolute Gasteiger partial charge is 0.264 e. The monoisotopic (exact) mass is 434 g/mol. The lowest BCUT2D eigenvalue weighted by molar-refractivity contribution is -0.129. The van der Waals surface area contributed by atoms with Crippen LogP contribution in [0.4, 0.5) is 10.1 Å². The minimum atomic E-state index is -4.03. The first kappa shape index (κ1) is 22.1. The molecule has 2 aromatic rings. The molecule has 0 atom stereocenters. The number of rotatable bonds is 7. The Kier molecular flexibility index (Phi) is 7.31. The Labute approximate surface area is 177 Å². The minimum absolute atomic E-state index is 0.0407. The van der Waals surface area contributed by atoms with Crippen LogP contribution < -0.4 is 9.04 Å². The van der Waals surface area contributed by atoms with Gasteiger partial charge in [0.05, 0.1) is 17.2 Å². The van der Waals surface area contributed by atoms with Crippen LogP contribution in [0.15, 0.2) is 53.4 Å². The number of hydrogen-bond donors (Lipinski definition) is 0. The first-order chi connectivity index (χ1) is 14.4. The third kappa shape index (κ3) is 5.30. The van der Waals surface area contributed by atoms with Gasteiger partial charge >= 0.3 is 0 Å². The topological polar surface area (TPSA) is 66.9 Å². The molecule has 0 unspecified atom stereocenters. The number of likely N-dealkylation sites (tertiary alicyclic amines) is 1. The molecule has 0 N–H and O–H groups in total. The molecule has 2 aromatic carbocycles. The number of anilines is 1. The second-order valence-electron chi connectivity index (χ2n) is 7.19. The van der Waals surface area contributed by atoms with E-state index in [0.717, 1.165) is 30.0 Å². The van der Waals surface area contributed by atoms with E-state index in [0.29, 0.717) is 25.4 Å². The highest BCUT2D eigenvalue weighted by Crippen LogP contribution is 2.26. The summed E-state index contributed by atoms with van der Waals surface area (Å²) in [5, 5.41) is 0. The van der Waals surface area contributed by atoms with Gasteiger partial charge in [0.15, 0.2) is 0 Å².